The summed E-state index contributed by atoms with van der Waals surface area (Å²) >= 11 is 1.89. The Hall–Kier alpha value is -0.480. The van der Waals surface area contributed by atoms with Crippen LogP contribution in [0.2, 0.25) is 0 Å². The van der Waals surface area contributed by atoms with E-state index < -0.39 is 0 Å². The molecule has 0 aliphatic carbocycles. The number of hydrogen-bond acceptors (Lipinski definition) is 3. The number of nitrogens with zero attached hydrogens (tertiary/aromatic N) is 2. The van der Waals surface area contributed by atoms with Crippen molar-refractivity contribution in [2.24, 2.45) is 7.05 Å². The third-order valence-corrected chi connectivity index (χ3v) is 3.74. The third-order valence-electron chi connectivity index (χ3n) is 2.76. The Morgan fingerprint density at radius 1 is 1.47 bits per heavy atom. The lowest BCUT2D eigenvalue weighted by molar-refractivity contribution is 0.543. The maximum Gasteiger partial charge on any atom is 0.0722 e. The Morgan fingerprint density at radius 3 is 2.65 bits per heavy atom. The van der Waals surface area contributed by atoms with Gasteiger partial charge in [0.05, 0.1) is 5.69 Å². The zero-order valence-electron chi connectivity index (χ0n) is 11.9. The van der Waals surface area contributed by atoms with E-state index in [1.54, 1.807) is 0 Å². The van der Waals surface area contributed by atoms with Crippen LogP contribution in [0.3, 0.4) is 0 Å². The maximum absolute atomic E-state index is 4.57. The van der Waals surface area contributed by atoms with Crippen molar-refractivity contribution >= 4 is 11.8 Å². The Labute approximate surface area is 109 Å². The first kappa shape index (κ1) is 14.6. The summed E-state index contributed by atoms with van der Waals surface area (Å²) in [4.78, 5) is 0. The van der Waals surface area contributed by atoms with Gasteiger partial charge in [-0.25, -0.2) is 0 Å². The largest absolute Gasteiger partial charge is 0.311 e. The van der Waals surface area contributed by atoms with E-state index in [4.69, 9.17) is 0 Å². The van der Waals surface area contributed by atoms with Gasteiger partial charge >= 0.3 is 0 Å². The van der Waals surface area contributed by atoms with E-state index in [1.807, 2.05) is 23.5 Å². The van der Waals surface area contributed by atoms with Gasteiger partial charge in [0.25, 0.3) is 0 Å². The molecule has 0 saturated heterocycles. The lowest BCUT2D eigenvalue weighted by Crippen LogP contribution is -2.24. The summed E-state index contributed by atoms with van der Waals surface area (Å²) in [5.41, 5.74) is 2.63. The van der Waals surface area contributed by atoms with E-state index in [0.29, 0.717) is 5.25 Å². The molecule has 0 aliphatic heterocycles. The topological polar surface area (TPSA) is 29.9 Å². The molecule has 1 unspecified atom stereocenters. The van der Waals surface area contributed by atoms with Crippen LogP contribution in [0.15, 0.2) is 6.20 Å². The van der Waals surface area contributed by atoms with E-state index in [-0.39, 0.29) is 5.41 Å². The smallest absolute Gasteiger partial charge is 0.0722 e. The van der Waals surface area contributed by atoms with Crippen LogP contribution in [0.1, 0.15) is 39.0 Å². The van der Waals surface area contributed by atoms with Crippen LogP contribution >= 0.6 is 11.8 Å². The second-order valence-corrected chi connectivity index (χ2v) is 6.88. The van der Waals surface area contributed by atoms with Crippen LogP contribution in [0.4, 0.5) is 0 Å². The lowest BCUT2D eigenvalue weighted by Gasteiger charge is -2.18. The molecule has 98 valence electrons. The quantitative estimate of drug-likeness (QED) is 0.877. The minimum absolute atomic E-state index is 0.114. The highest BCUT2D eigenvalue weighted by atomic mass is 32.2. The number of nitrogens with one attached hydrogen (secondary N) is 1. The summed E-state index contributed by atoms with van der Waals surface area (Å²) < 4.78 is 1.91. The van der Waals surface area contributed by atoms with Crippen LogP contribution in [-0.4, -0.2) is 27.8 Å². The molecule has 1 atom stereocenters. The van der Waals surface area contributed by atoms with Gasteiger partial charge in [-0.15, -0.1) is 0 Å². The first-order valence-corrected chi connectivity index (χ1v) is 7.40. The first-order chi connectivity index (χ1) is 7.84. The van der Waals surface area contributed by atoms with Gasteiger partial charge in [-0.1, -0.05) is 27.7 Å². The van der Waals surface area contributed by atoms with E-state index in [2.05, 4.69) is 50.6 Å². The molecule has 17 heavy (non-hydrogen) atoms. The van der Waals surface area contributed by atoms with Crippen LogP contribution in [0, 0.1) is 0 Å². The molecule has 0 fully saturated rings. The average molecular weight is 255 g/mol. The van der Waals surface area contributed by atoms with Crippen molar-refractivity contribution in [3.05, 3.63) is 17.5 Å². The lowest BCUT2D eigenvalue weighted by atomic mass is 9.89. The van der Waals surface area contributed by atoms with Gasteiger partial charge in [-0.3, -0.25) is 4.68 Å². The summed E-state index contributed by atoms with van der Waals surface area (Å²) in [5, 5.41) is 8.73. The van der Waals surface area contributed by atoms with Gasteiger partial charge in [0.1, 0.15) is 0 Å². The molecule has 1 aromatic rings. The molecule has 0 amide bonds. The van der Waals surface area contributed by atoms with Gasteiger partial charge < -0.3 is 5.32 Å². The summed E-state index contributed by atoms with van der Waals surface area (Å²) in [6, 6.07) is 0. The molecule has 1 aromatic heterocycles. The molecule has 0 aliphatic rings. The van der Waals surface area contributed by atoms with Crippen molar-refractivity contribution in [1.29, 1.82) is 0 Å². The number of thioether (sulfide) groups is 1. The van der Waals surface area contributed by atoms with Gasteiger partial charge in [0.15, 0.2) is 0 Å². The van der Waals surface area contributed by atoms with E-state index in [1.165, 1.54) is 11.3 Å². The summed E-state index contributed by atoms with van der Waals surface area (Å²) in [6.07, 6.45) is 4.27. The SMILES string of the molecule is CSC(C)CNCc1cn(C)nc1C(C)(C)C. The van der Waals surface area contributed by atoms with Crippen molar-refractivity contribution in [3.63, 3.8) is 0 Å². The van der Waals surface area contributed by atoms with Crippen LogP contribution in [-0.2, 0) is 19.0 Å². The number of rotatable bonds is 5. The fourth-order valence-corrected chi connectivity index (χ4v) is 2.08. The number of aryl methyl sites for hydroxylation is 1. The molecule has 3 nitrogen and oxygen atoms in total. The molecule has 1 rings (SSSR count). The Kier molecular flexibility index (Phi) is 5.07. The first-order valence-electron chi connectivity index (χ1n) is 6.11. The van der Waals surface area contributed by atoms with E-state index >= 15 is 0 Å². The second kappa shape index (κ2) is 5.91. The maximum atomic E-state index is 4.57. The monoisotopic (exact) mass is 255 g/mol. The summed E-state index contributed by atoms with van der Waals surface area (Å²) in [5.74, 6) is 0. The van der Waals surface area contributed by atoms with Gasteiger partial charge in [0.2, 0.25) is 0 Å². The molecule has 0 aromatic carbocycles. The van der Waals surface area contributed by atoms with Crippen molar-refractivity contribution in [2.75, 3.05) is 12.8 Å². The van der Waals surface area contributed by atoms with E-state index in [9.17, 15) is 0 Å². The zero-order chi connectivity index (χ0) is 13.1. The second-order valence-electron chi connectivity index (χ2n) is 5.60. The molecule has 4 heteroatoms. The van der Waals surface area contributed by atoms with Crippen molar-refractivity contribution in [2.45, 2.75) is 44.9 Å². The predicted octanol–water partition coefficient (Wildman–Crippen LogP) is 2.56. The highest BCUT2D eigenvalue weighted by Crippen LogP contribution is 2.23. The normalized spacial score (nSPS) is 14.0. The Morgan fingerprint density at radius 2 is 2.12 bits per heavy atom. The summed E-state index contributed by atoms with van der Waals surface area (Å²) in [7, 11) is 1.99. The van der Waals surface area contributed by atoms with Gasteiger partial charge in [0, 0.05) is 42.6 Å². The molecular formula is C13H25N3S. The van der Waals surface area contributed by atoms with Gasteiger partial charge in [-0.05, 0) is 6.26 Å². The third kappa shape index (κ3) is 4.36. The minimum Gasteiger partial charge on any atom is -0.311 e. The minimum atomic E-state index is 0.114. The van der Waals surface area contributed by atoms with Gasteiger partial charge in [-0.2, -0.15) is 16.9 Å². The van der Waals surface area contributed by atoms with Crippen molar-refractivity contribution in [1.82, 2.24) is 15.1 Å². The summed E-state index contributed by atoms with van der Waals surface area (Å²) in [6.45, 7) is 10.8. The standard InChI is InChI=1S/C13H25N3S/c1-10(17-6)7-14-8-11-9-16(5)15-12(11)13(2,3)4/h9-10,14H,7-8H2,1-6H3. The fourth-order valence-electron chi connectivity index (χ4n) is 1.79. The Bertz CT molecular complexity index is 352. The van der Waals surface area contributed by atoms with Crippen molar-refractivity contribution < 1.29 is 0 Å². The molecule has 1 N–H and O–H groups in total. The zero-order valence-corrected chi connectivity index (χ0v) is 12.7. The highest BCUT2D eigenvalue weighted by molar-refractivity contribution is 7.99. The molecule has 0 bridgehead atoms. The molecular weight excluding hydrogens is 230 g/mol. The average Bonchev–Trinajstić information content (AvgIpc) is 2.59. The highest BCUT2D eigenvalue weighted by Gasteiger charge is 2.21. The van der Waals surface area contributed by atoms with Crippen LogP contribution in [0.5, 0.6) is 0 Å². The van der Waals surface area contributed by atoms with E-state index in [0.717, 1.165) is 13.1 Å². The Balaban J connectivity index is 2.65. The van der Waals surface area contributed by atoms with Crippen LogP contribution in [0.25, 0.3) is 0 Å². The molecule has 0 spiro atoms. The fraction of sp³-hybridized carbons (Fsp3) is 0.769. The van der Waals surface area contributed by atoms with Crippen LogP contribution < -0.4 is 5.32 Å². The molecule has 0 radical (unpaired) electrons. The number of aromatic nitrogens is 2. The molecule has 0 saturated carbocycles. The van der Waals surface area contributed by atoms with Crippen molar-refractivity contribution in [3.8, 4) is 0 Å². The molecule has 1 heterocycles. The predicted molar refractivity (Wildman–Crippen MR) is 76.6 cm³/mol. The number of hydrogen-bond donors (Lipinski definition) is 1.